The van der Waals surface area contributed by atoms with Gasteiger partial charge in [-0.1, -0.05) is 31.0 Å². The van der Waals surface area contributed by atoms with Gasteiger partial charge in [-0.15, -0.1) is 0 Å². The zero-order valence-corrected chi connectivity index (χ0v) is 13.0. The molecule has 1 saturated heterocycles. The van der Waals surface area contributed by atoms with E-state index in [0.717, 1.165) is 31.5 Å². The van der Waals surface area contributed by atoms with Crippen LogP contribution < -0.4 is 10.5 Å². The number of rotatable bonds is 4. The Balaban J connectivity index is 2.03. The summed E-state index contributed by atoms with van der Waals surface area (Å²) in [5, 5.41) is 0. The highest BCUT2D eigenvalue weighted by Gasteiger charge is 2.23. The van der Waals surface area contributed by atoms with Gasteiger partial charge >= 0.3 is 0 Å². The van der Waals surface area contributed by atoms with Crippen molar-refractivity contribution in [2.24, 2.45) is 5.73 Å². The normalized spacial score (nSPS) is 18.7. The maximum absolute atomic E-state index is 12.5. The Hall–Kier alpha value is -1.55. The molecule has 1 unspecified atom stereocenters. The molecule has 0 spiro atoms. The van der Waals surface area contributed by atoms with Crippen LogP contribution in [0.1, 0.15) is 51.1 Å². The van der Waals surface area contributed by atoms with E-state index in [9.17, 15) is 4.79 Å². The Labute approximate surface area is 127 Å². The molecule has 21 heavy (non-hydrogen) atoms. The summed E-state index contributed by atoms with van der Waals surface area (Å²) < 4.78 is 5.89. The molecule has 1 aromatic rings. The average Bonchev–Trinajstić information content (AvgIpc) is 2.75. The first-order chi connectivity index (χ1) is 10.1. The van der Waals surface area contributed by atoms with E-state index in [1.165, 1.54) is 12.8 Å². The molecule has 0 aromatic heterocycles. The summed E-state index contributed by atoms with van der Waals surface area (Å²) in [6, 6.07) is 7.56. The number of ether oxygens (including phenoxy) is 1. The standard InChI is InChI=1S/C17H26N2O2/c1-13(18)15-9-5-6-10-16(15)21-14(2)17(20)19-11-7-3-4-8-12-19/h5-6,9-10,13-14H,3-4,7-8,11-12,18H2,1-2H3/t13-,14?/m0/s1. The number of carbonyl (C=O) groups is 1. The molecule has 0 saturated carbocycles. The zero-order chi connectivity index (χ0) is 15.2. The Morgan fingerprint density at radius 1 is 1.14 bits per heavy atom. The highest BCUT2D eigenvalue weighted by Crippen LogP contribution is 2.24. The van der Waals surface area contributed by atoms with Gasteiger partial charge in [0, 0.05) is 24.7 Å². The van der Waals surface area contributed by atoms with E-state index in [2.05, 4.69) is 0 Å². The number of likely N-dealkylation sites (tertiary alicyclic amines) is 1. The van der Waals surface area contributed by atoms with E-state index >= 15 is 0 Å². The molecule has 4 heteroatoms. The SMILES string of the molecule is CC(Oc1ccccc1[C@H](C)N)C(=O)N1CCCCCC1. The van der Waals surface area contributed by atoms with Crippen molar-refractivity contribution < 1.29 is 9.53 Å². The molecule has 0 aliphatic carbocycles. The fourth-order valence-electron chi connectivity index (χ4n) is 2.75. The fourth-order valence-corrected chi connectivity index (χ4v) is 2.75. The van der Waals surface area contributed by atoms with Crippen molar-refractivity contribution in [2.75, 3.05) is 13.1 Å². The van der Waals surface area contributed by atoms with Crippen LogP contribution in [0.25, 0.3) is 0 Å². The monoisotopic (exact) mass is 290 g/mol. The van der Waals surface area contributed by atoms with Crippen LogP contribution in [0.5, 0.6) is 5.75 Å². The van der Waals surface area contributed by atoms with Gasteiger partial charge in [-0.2, -0.15) is 0 Å². The van der Waals surface area contributed by atoms with Crippen LogP contribution in [0.4, 0.5) is 0 Å². The lowest BCUT2D eigenvalue weighted by atomic mass is 10.1. The molecule has 1 amide bonds. The van der Waals surface area contributed by atoms with Crippen LogP contribution in [-0.2, 0) is 4.79 Å². The molecule has 1 heterocycles. The van der Waals surface area contributed by atoms with E-state index in [1.807, 2.05) is 43.0 Å². The van der Waals surface area contributed by atoms with Gasteiger partial charge in [0.05, 0.1) is 0 Å². The Morgan fingerprint density at radius 3 is 2.38 bits per heavy atom. The number of amides is 1. The minimum Gasteiger partial charge on any atom is -0.481 e. The van der Waals surface area contributed by atoms with Crippen LogP contribution >= 0.6 is 0 Å². The smallest absolute Gasteiger partial charge is 0.263 e. The number of hydrogen-bond donors (Lipinski definition) is 1. The molecule has 1 fully saturated rings. The highest BCUT2D eigenvalue weighted by molar-refractivity contribution is 5.81. The summed E-state index contributed by atoms with van der Waals surface area (Å²) in [7, 11) is 0. The van der Waals surface area contributed by atoms with Crippen molar-refractivity contribution in [2.45, 2.75) is 51.7 Å². The van der Waals surface area contributed by atoms with Crippen molar-refractivity contribution in [1.29, 1.82) is 0 Å². The van der Waals surface area contributed by atoms with Gasteiger partial charge in [0.1, 0.15) is 5.75 Å². The van der Waals surface area contributed by atoms with Crippen LogP contribution in [0.3, 0.4) is 0 Å². The van der Waals surface area contributed by atoms with Gasteiger partial charge in [0.25, 0.3) is 5.91 Å². The molecule has 4 nitrogen and oxygen atoms in total. The molecule has 1 aliphatic rings. The number of carbonyl (C=O) groups excluding carboxylic acids is 1. The summed E-state index contributed by atoms with van der Waals surface area (Å²) in [5.41, 5.74) is 6.89. The highest BCUT2D eigenvalue weighted by atomic mass is 16.5. The minimum absolute atomic E-state index is 0.0800. The molecule has 2 atom stereocenters. The van der Waals surface area contributed by atoms with E-state index in [4.69, 9.17) is 10.5 Å². The van der Waals surface area contributed by atoms with Gasteiger partial charge < -0.3 is 15.4 Å². The molecule has 116 valence electrons. The van der Waals surface area contributed by atoms with E-state index in [1.54, 1.807) is 0 Å². The van der Waals surface area contributed by atoms with Gasteiger partial charge in [-0.05, 0) is 32.8 Å². The van der Waals surface area contributed by atoms with Gasteiger partial charge in [0.2, 0.25) is 0 Å². The molecule has 1 aliphatic heterocycles. The first kappa shape index (κ1) is 15.8. The molecule has 2 N–H and O–H groups in total. The average molecular weight is 290 g/mol. The maximum Gasteiger partial charge on any atom is 0.263 e. The van der Waals surface area contributed by atoms with Crippen LogP contribution in [-0.4, -0.2) is 30.0 Å². The summed E-state index contributed by atoms with van der Waals surface area (Å²) >= 11 is 0. The summed E-state index contributed by atoms with van der Waals surface area (Å²) in [6.07, 6.45) is 4.14. The lowest BCUT2D eigenvalue weighted by Crippen LogP contribution is -2.41. The first-order valence-electron chi connectivity index (χ1n) is 7.89. The third-order valence-corrected chi connectivity index (χ3v) is 3.98. The number of benzene rings is 1. The number of para-hydroxylation sites is 1. The van der Waals surface area contributed by atoms with Crippen LogP contribution in [0.15, 0.2) is 24.3 Å². The predicted molar refractivity (Wildman–Crippen MR) is 84.2 cm³/mol. The second-order valence-corrected chi connectivity index (χ2v) is 5.83. The number of nitrogens with zero attached hydrogens (tertiary/aromatic N) is 1. The largest absolute Gasteiger partial charge is 0.481 e. The molecule has 0 bridgehead atoms. The van der Waals surface area contributed by atoms with E-state index < -0.39 is 6.10 Å². The number of hydrogen-bond acceptors (Lipinski definition) is 3. The number of nitrogens with two attached hydrogens (primary N) is 1. The van der Waals surface area contributed by atoms with Gasteiger partial charge in [-0.25, -0.2) is 0 Å². The lowest BCUT2D eigenvalue weighted by molar-refractivity contribution is -0.137. The molecule has 0 radical (unpaired) electrons. The van der Waals surface area contributed by atoms with Crippen molar-refractivity contribution in [3.05, 3.63) is 29.8 Å². The molecule has 1 aromatic carbocycles. The molecular weight excluding hydrogens is 264 g/mol. The zero-order valence-electron chi connectivity index (χ0n) is 13.0. The van der Waals surface area contributed by atoms with E-state index in [-0.39, 0.29) is 11.9 Å². The topological polar surface area (TPSA) is 55.6 Å². The lowest BCUT2D eigenvalue weighted by Gasteiger charge is -2.25. The second kappa shape index (κ2) is 7.46. The molecule has 2 rings (SSSR count). The third-order valence-electron chi connectivity index (χ3n) is 3.98. The van der Waals surface area contributed by atoms with E-state index in [0.29, 0.717) is 5.75 Å². The van der Waals surface area contributed by atoms with Crippen molar-refractivity contribution in [3.63, 3.8) is 0 Å². The first-order valence-corrected chi connectivity index (χ1v) is 7.89. The van der Waals surface area contributed by atoms with Crippen molar-refractivity contribution in [3.8, 4) is 5.75 Å². The summed E-state index contributed by atoms with van der Waals surface area (Å²) in [5.74, 6) is 0.791. The molecular formula is C17H26N2O2. The predicted octanol–water partition coefficient (Wildman–Crippen LogP) is 2.88. The second-order valence-electron chi connectivity index (χ2n) is 5.83. The van der Waals surface area contributed by atoms with Gasteiger partial charge in [0.15, 0.2) is 6.10 Å². The Bertz CT molecular complexity index is 466. The van der Waals surface area contributed by atoms with Crippen LogP contribution in [0.2, 0.25) is 0 Å². The quantitative estimate of drug-likeness (QED) is 0.927. The van der Waals surface area contributed by atoms with Crippen LogP contribution in [0, 0.1) is 0 Å². The fraction of sp³-hybridized carbons (Fsp3) is 0.588. The van der Waals surface area contributed by atoms with Crippen molar-refractivity contribution >= 4 is 5.91 Å². The van der Waals surface area contributed by atoms with Gasteiger partial charge in [-0.3, -0.25) is 4.79 Å². The summed E-state index contributed by atoms with van der Waals surface area (Å²) in [4.78, 5) is 14.4. The minimum atomic E-state index is -0.469. The summed E-state index contributed by atoms with van der Waals surface area (Å²) in [6.45, 7) is 5.44. The Morgan fingerprint density at radius 2 is 1.76 bits per heavy atom. The third kappa shape index (κ3) is 4.21. The Kier molecular flexibility index (Phi) is 5.62. The van der Waals surface area contributed by atoms with Crippen molar-refractivity contribution in [1.82, 2.24) is 4.90 Å². The maximum atomic E-state index is 12.5.